The van der Waals surface area contributed by atoms with Crippen LogP contribution in [0.3, 0.4) is 0 Å². The molecule has 0 radical (unpaired) electrons. The Hall–Kier alpha value is -2.36. The highest BCUT2D eigenvalue weighted by Crippen LogP contribution is 2.18. The molecule has 1 aromatic carbocycles. The molecule has 0 spiro atoms. The van der Waals surface area contributed by atoms with Gasteiger partial charge in [-0.05, 0) is 45.9 Å². The number of rotatable bonds is 8. The van der Waals surface area contributed by atoms with Crippen molar-refractivity contribution in [3.8, 4) is 12.3 Å². The van der Waals surface area contributed by atoms with Crippen molar-refractivity contribution in [2.24, 2.45) is 5.41 Å². The van der Waals surface area contributed by atoms with Crippen molar-refractivity contribution in [3.63, 3.8) is 0 Å². The average Bonchev–Trinajstić information content (AvgIpc) is 2.59. The minimum atomic E-state index is -3.68. The van der Waals surface area contributed by atoms with Gasteiger partial charge in [0.15, 0.2) is 6.10 Å². The van der Waals surface area contributed by atoms with Crippen LogP contribution in [0.1, 0.15) is 26.3 Å². The molecule has 6 heteroatoms. The molecular formula is C21H27NO4S. The molecule has 0 saturated heterocycles. The van der Waals surface area contributed by atoms with Crippen LogP contribution in [-0.2, 0) is 19.6 Å². The molecule has 0 aliphatic heterocycles. The van der Waals surface area contributed by atoms with E-state index in [2.05, 4.69) is 12.5 Å². The van der Waals surface area contributed by atoms with Gasteiger partial charge in [-0.2, -0.15) is 4.31 Å². The fourth-order valence-electron chi connectivity index (χ4n) is 2.00. The number of aryl methyl sites for hydroxylation is 1. The first kappa shape index (κ1) is 22.7. The summed E-state index contributed by atoms with van der Waals surface area (Å²) in [6.07, 6.45) is 9.14. The number of terminal acetylenes is 1. The Morgan fingerprint density at radius 1 is 1.30 bits per heavy atom. The second-order valence-electron chi connectivity index (χ2n) is 7.09. The van der Waals surface area contributed by atoms with E-state index < -0.39 is 27.5 Å². The van der Waals surface area contributed by atoms with E-state index in [1.165, 1.54) is 16.5 Å². The molecule has 1 unspecified atom stereocenters. The fraction of sp³-hybridized carbons (Fsp3) is 0.381. The van der Waals surface area contributed by atoms with Crippen molar-refractivity contribution in [1.82, 2.24) is 4.31 Å². The summed E-state index contributed by atoms with van der Waals surface area (Å²) < 4.78 is 32.1. The normalized spacial score (nSPS) is 13.3. The Labute approximate surface area is 162 Å². The lowest BCUT2D eigenvalue weighted by molar-refractivity contribution is -0.154. The molecule has 0 N–H and O–H groups in total. The van der Waals surface area contributed by atoms with Crippen LogP contribution in [0.15, 0.2) is 54.0 Å². The molecule has 146 valence electrons. The van der Waals surface area contributed by atoms with Crippen molar-refractivity contribution in [3.05, 3.63) is 54.6 Å². The average molecular weight is 390 g/mol. The van der Waals surface area contributed by atoms with E-state index in [-0.39, 0.29) is 18.0 Å². The van der Waals surface area contributed by atoms with Gasteiger partial charge >= 0.3 is 5.97 Å². The van der Waals surface area contributed by atoms with Crippen LogP contribution in [0.2, 0.25) is 0 Å². The van der Waals surface area contributed by atoms with Gasteiger partial charge in [0.05, 0.1) is 10.3 Å². The highest BCUT2D eigenvalue weighted by molar-refractivity contribution is 7.89. The van der Waals surface area contributed by atoms with Crippen LogP contribution >= 0.6 is 0 Å². The van der Waals surface area contributed by atoms with Gasteiger partial charge in [-0.15, -0.1) is 13.0 Å². The van der Waals surface area contributed by atoms with Gasteiger partial charge in [0.25, 0.3) is 0 Å². The first-order valence-electron chi connectivity index (χ1n) is 8.54. The van der Waals surface area contributed by atoms with Crippen LogP contribution in [0.4, 0.5) is 0 Å². The third kappa shape index (κ3) is 6.70. The minimum Gasteiger partial charge on any atom is -0.444 e. The molecule has 0 aromatic heterocycles. The predicted octanol–water partition coefficient (Wildman–Crippen LogP) is 3.32. The number of carbonyl (C=O) groups excluding carboxylic acids is 1. The molecule has 1 atom stereocenters. The number of carbonyl (C=O) groups is 1. The summed E-state index contributed by atoms with van der Waals surface area (Å²) in [5.41, 5.74) is 0.300. The van der Waals surface area contributed by atoms with Crippen LogP contribution in [0, 0.1) is 24.7 Å². The molecule has 0 aliphatic rings. The second kappa shape index (κ2) is 9.54. The SMILES string of the molecule is C#CC(/C=C/CN(CC=C)S(=O)(=O)c1ccc(C)cc1)OC(=O)C(C)(C)C. The molecule has 5 nitrogen and oxygen atoms in total. The Balaban J connectivity index is 2.92. The molecule has 27 heavy (non-hydrogen) atoms. The highest BCUT2D eigenvalue weighted by atomic mass is 32.2. The lowest BCUT2D eigenvalue weighted by Crippen LogP contribution is -2.32. The molecule has 0 aliphatic carbocycles. The lowest BCUT2D eigenvalue weighted by Gasteiger charge is -2.20. The Kier molecular flexibility index (Phi) is 8.01. The number of benzene rings is 1. The van der Waals surface area contributed by atoms with Crippen molar-refractivity contribution in [2.45, 2.75) is 38.7 Å². The standard InChI is InChI=1S/C21H27NO4S/c1-7-15-22(27(24,25)19-13-11-17(3)12-14-19)16-9-10-18(8-2)26-20(23)21(4,5)6/h2,7,9-14,18H,1,15-16H2,3-6H3/b10-9+. The number of nitrogens with zero attached hydrogens (tertiary/aromatic N) is 1. The van der Waals surface area contributed by atoms with Crippen LogP contribution < -0.4 is 0 Å². The van der Waals surface area contributed by atoms with Gasteiger partial charge in [-0.25, -0.2) is 8.42 Å². The van der Waals surface area contributed by atoms with E-state index in [0.717, 1.165) is 5.56 Å². The van der Waals surface area contributed by atoms with E-state index in [9.17, 15) is 13.2 Å². The third-order valence-electron chi connectivity index (χ3n) is 3.62. The van der Waals surface area contributed by atoms with Crippen LogP contribution in [0.25, 0.3) is 0 Å². The summed E-state index contributed by atoms with van der Waals surface area (Å²) in [5.74, 6) is 1.94. The summed E-state index contributed by atoms with van der Waals surface area (Å²) in [4.78, 5) is 12.1. The largest absolute Gasteiger partial charge is 0.444 e. The smallest absolute Gasteiger partial charge is 0.312 e. The van der Waals surface area contributed by atoms with Crippen LogP contribution in [-0.4, -0.2) is 37.9 Å². The first-order chi connectivity index (χ1) is 12.5. The summed E-state index contributed by atoms with van der Waals surface area (Å²) in [6, 6.07) is 6.63. The van der Waals surface area contributed by atoms with Gasteiger partial charge in [0, 0.05) is 13.1 Å². The van der Waals surface area contributed by atoms with Gasteiger partial charge < -0.3 is 4.74 Å². The quantitative estimate of drug-likeness (QED) is 0.389. The minimum absolute atomic E-state index is 0.0769. The summed E-state index contributed by atoms with van der Waals surface area (Å²) >= 11 is 0. The number of sulfonamides is 1. The van der Waals surface area contributed by atoms with E-state index >= 15 is 0 Å². The maximum absolute atomic E-state index is 12.8. The van der Waals surface area contributed by atoms with E-state index in [1.807, 2.05) is 6.92 Å². The maximum Gasteiger partial charge on any atom is 0.312 e. The number of hydrogen-bond acceptors (Lipinski definition) is 4. The molecule has 0 saturated carbocycles. The summed E-state index contributed by atoms with van der Waals surface area (Å²) in [7, 11) is -3.68. The number of esters is 1. The van der Waals surface area contributed by atoms with E-state index in [4.69, 9.17) is 11.2 Å². The Morgan fingerprint density at radius 3 is 2.37 bits per heavy atom. The monoisotopic (exact) mass is 389 g/mol. The zero-order valence-electron chi connectivity index (χ0n) is 16.3. The zero-order valence-corrected chi connectivity index (χ0v) is 17.1. The highest BCUT2D eigenvalue weighted by Gasteiger charge is 2.25. The predicted molar refractivity (Wildman–Crippen MR) is 107 cm³/mol. The van der Waals surface area contributed by atoms with Gasteiger partial charge in [-0.1, -0.05) is 35.8 Å². The topological polar surface area (TPSA) is 63.7 Å². The van der Waals surface area contributed by atoms with E-state index in [1.54, 1.807) is 51.1 Å². The first-order valence-corrected chi connectivity index (χ1v) is 9.98. The van der Waals surface area contributed by atoms with E-state index in [0.29, 0.717) is 0 Å². The second-order valence-corrected chi connectivity index (χ2v) is 9.03. The number of ether oxygens (including phenoxy) is 1. The summed E-state index contributed by atoms with van der Waals surface area (Å²) in [6.45, 7) is 10.9. The van der Waals surface area contributed by atoms with Crippen molar-refractivity contribution in [2.75, 3.05) is 13.1 Å². The van der Waals surface area contributed by atoms with Gasteiger partial charge in [0.1, 0.15) is 0 Å². The number of hydrogen-bond donors (Lipinski definition) is 0. The van der Waals surface area contributed by atoms with Crippen molar-refractivity contribution < 1.29 is 17.9 Å². The van der Waals surface area contributed by atoms with Crippen molar-refractivity contribution in [1.29, 1.82) is 0 Å². The Bertz CT molecular complexity index is 824. The molecular weight excluding hydrogens is 362 g/mol. The maximum atomic E-state index is 12.8. The van der Waals surface area contributed by atoms with Gasteiger partial charge in [-0.3, -0.25) is 4.79 Å². The molecule has 1 aromatic rings. The van der Waals surface area contributed by atoms with Gasteiger partial charge in [0.2, 0.25) is 10.0 Å². The Morgan fingerprint density at radius 2 is 1.89 bits per heavy atom. The fourth-order valence-corrected chi connectivity index (χ4v) is 3.36. The van der Waals surface area contributed by atoms with Crippen LogP contribution in [0.5, 0.6) is 0 Å². The third-order valence-corrected chi connectivity index (χ3v) is 5.47. The molecule has 0 heterocycles. The molecule has 0 fully saturated rings. The summed E-state index contributed by atoms with van der Waals surface area (Å²) in [5, 5.41) is 0. The van der Waals surface area contributed by atoms with Crippen molar-refractivity contribution >= 4 is 16.0 Å². The zero-order chi connectivity index (χ0) is 20.7. The molecule has 0 amide bonds. The molecule has 0 bridgehead atoms. The molecule has 1 rings (SSSR count). The lowest BCUT2D eigenvalue weighted by atomic mass is 9.97.